The predicted molar refractivity (Wildman–Crippen MR) is 53.5 cm³/mol. The van der Waals surface area contributed by atoms with Gasteiger partial charge in [0.2, 0.25) is 5.82 Å². The largest absolute Gasteiger partial charge is 0.370 e. The second-order valence-electron chi connectivity index (χ2n) is 4.39. The Bertz CT molecular complexity index is 350. The van der Waals surface area contributed by atoms with Crippen LogP contribution in [0.15, 0.2) is 4.52 Å². The fourth-order valence-corrected chi connectivity index (χ4v) is 1.89. The highest BCUT2D eigenvalue weighted by molar-refractivity contribution is 5.25. The quantitative estimate of drug-likeness (QED) is 0.817. The van der Waals surface area contributed by atoms with E-state index in [0.29, 0.717) is 17.9 Å². The maximum absolute atomic E-state index is 5.48. The molecule has 0 spiro atoms. The minimum Gasteiger partial charge on any atom is -0.370 e. The van der Waals surface area contributed by atoms with Gasteiger partial charge in [-0.15, -0.1) is 0 Å². The predicted octanol–water partition coefficient (Wildman–Crippen LogP) is 1.67. The molecule has 0 aliphatic heterocycles. The Labute approximate surface area is 88.2 Å². The summed E-state index contributed by atoms with van der Waals surface area (Å²) in [4.78, 5) is 4.34. The minimum atomic E-state index is -0.271. The van der Waals surface area contributed by atoms with Crippen LogP contribution in [0.3, 0.4) is 0 Å². The van der Waals surface area contributed by atoms with E-state index < -0.39 is 0 Å². The molecule has 0 unspecified atom stereocenters. The number of rotatable bonds is 4. The maximum Gasteiger partial charge on any atom is 0.321 e. The van der Waals surface area contributed by atoms with E-state index in [1.54, 1.807) is 7.11 Å². The standard InChI is InChI=1S/C10H15N3O2/c1-14-10(5-2-6-10)8-12-9(15-13-8)11-7-3-4-7/h7H,2-6H2,1H3,(H,11,12,13). The summed E-state index contributed by atoms with van der Waals surface area (Å²) in [6.07, 6.45) is 5.56. The SMILES string of the molecule is COC1(c2noc(NC3CC3)n2)CCC1. The zero-order valence-electron chi connectivity index (χ0n) is 8.82. The van der Waals surface area contributed by atoms with Gasteiger partial charge in [0.1, 0.15) is 5.60 Å². The van der Waals surface area contributed by atoms with Gasteiger partial charge >= 0.3 is 6.01 Å². The molecule has 2 fully saturated rings. The third-order valence-electron chi connectivity index (χ3n) is 3.29. The molecule has 0 radical (unpaired) electrons. The van der Waals surface area contributed by atoms with E-state index in [9.17, 15) is 0 Å². The number of ether oxygens (including phenoxy) is 1. The molecule has 15 heavy (non-hydrogen) atoms. The van der Waals surface area contributed by atoms with Gasteiger partial charge in [-0.2, -0.15) is 4.98 Å². The molecule has 2 aliphatic rings. The first kappa shape index (κ1) is 9.15. The number of hydrogen-bond donors (Lipinski definition) is 1. The van der Waals surface area contributed by atoms with E-state index in [0.717, 1.165) is 12.8 Å². The van der Waals surface area contributed by atoms with Crippen molar-refractivity contribution in [3.63, 3.8) is 0 Å². The fraction of sp³-hybridized carbons (Fsp3) is 0.800. The lowest BCUT2D eigenvalue weighted by Gasteiger charge is -2.37. The van der Waals surface area contributed by atoms with Crippen LogP contribution in [0.2, 0.25) is 0 Å². The van der Waals surface area contributed by atoms with Gasteiger partial charge in [0.25, 0.3) is 0 Å². The van der Waals surface area contributed by atoms with Gasteiger partial charge in [0, 0.05) is 13.2 Å². The monoisotopic (exact) mass is 209 g/mol. The summed E-state index contributed by atoms with van der Waals surface area (Å²) < 4.78 is 10.6. The molecule has 3 rings (SSSR count). The number of methoxy groups -OCH3 is 1. The Kier molecular flexibility index (Phi) is 1.95. The van der Waals surface area contributed by atoms with Gasteiger partial charge in [-0.05, 0) is 32.1 Å². The number of hydrogen-bond acceptors (Lipinski definition) is 5. The van der Waals surface area contributed by atoms with Crippen molar-refractivity contribution in [3.8, 4) is 0 Å². The summed E-state index contributed by atoms with van der Waals surface area (Å²) in [7, 11) is 1.71. The second kappa shape index (κ2) is 3.20. The van der Waals surface area contributed by atoms with Crippen LogP contribution in [0.4, 0.5) is 6.01 Å². The Morgan fingerprint density at radius 3 is 2.80 bits per heavy atom. The summed E-state index contributed by atoms with van der Waals surface area (Å²) in [6.45, 7) is 0. The Balaban J connectivity index is 1.76. The van der Waals surface area contributed by atoms with Crippen LogP contribution in [-0.2, 0) is 10.3 Å². The van der Waals surface area contributed by atoms with Crippen LogP contribution in [0.25, 0.3) is 0 Å². The molecule has 1 aromatic rings. The summed E-state index contributed by atoms with van der Waals surface area (Å²) >= 11 is 0. The molecule has 1 heterocycles. The summed E-state index contributed by atoms with van der Waals surface area (Å²) in [6, 6.07) is 1.08. The molecule has 0 aromatic carbocycles. The smallest absolute Gasteiger partial charge is 0.321 e. The van der Waals surface area contributed by atoms with Crippen molar-refractivity contribution in [1.29, 1.82) is 0 Å². The third-order valence-corrected chi connectivity index (χ3v) is 3.29. The van der Waals surface area contributed by atoms with Crippen LogP contribution < -0.4 is 5.32 Å². The van der Waals surface area contributed by atoms with Crippen LogP contribution in [-0.4, -0.2) is 23.3 Å². The first-order chi connectivity index (χ1) is 7.32. The zero-order chi connectivity index (χ0) is 10.3. The van der Waals surface area contributed by atoms with Gasteiger partial charge in [-0.25, -0.2) is 0 Å². The molecule has 1 aromatic heterocycles. The molecule has 1 N–H and O–H groups in total. The van der Waals surface area contributed by atoms with Crippen LogP contribution >= 0.6 is 0 Å². The molecule has 0 bridgehead atoms. The minimum absolute atomic E-state index is 0.271. The summed E-state index contributed by atoms with van der Waals surface area (Å²) in [5, 5.41) is 7.17. The van der Waals surface area contributed by atoms with E-state index >= 15 is 0 Å². The van der Waals surface area contributed by atoms with Crippen molar-refractivity contribution in [3.05, 3.63) is 5.82 Å². The molecule has 0 amide bonds. The lowest BCUT2D eigenvalue weighted by atomic mass is 9.79. The van der Waals surface area contributed by atoms with Crippen LogP contribution in [0, 0.1) is 0 Å². The highest BCUT2D eigenvalue weighted by atomic mass is 16.5. The van der Waals surface area contributed by atoms with E-state index in [4.69, 9.17) is 9.26 Å². The molecule has 0 atom stereocenters. The third kappa shape index (κ3) is 1.51. The van der Waals surface area contributed by atoms with E-state index in [-0.39, 0.29) is 5.60 Å². The van der Waals surface area contributed by atoms with Crippen molar-refractivity contribution in [2.75, 3.05) is 12.4 Å². The van der Waals surface area contributed by atoms with E-state index in [2.05, 4.69) is 15.5 Å². The molecule has 5 nitrogen and oxygen atoms in total. The van der Waals surface area contributed by atoms with Gasteiger partial charge < -0.3 is 14.6 Å². The second-order valence-corrected chi connectivity index (χ2v) is 4.39. The molecular formula is C10H15N3O2. The molecule has 0 saturated heterocycles. The van der Waals surface area contributed by atoms with Crippen LogP contribution in [0.5, 0.6) is 0 Å². The lowest BCUT2D eigenvalue weighted by molar-refractivity contribution is -0.0858. The normalized spacial score (nSPS) is 23.5. The zero-order valence-corrected chi connectivity index (χ0v) is 8.82. The molecule has 2 aliphatic carbocycles. The fourth-order valence-electron chi connectivity index (χ4n) is 1.89. The number of aromatic nitrogens is 2. The molecular weight excluding hydrogens is 194 g/mol. The number of nitrogens with zero attached hydrogens (tertiary/aromatic N) is 2. The van der Waals surface area contributed by atoms with E-state index in [1.165, 1.54) is 19.3 Å². The summed E-state index contributed by atoms with van der Waals surface area (Å²) in [5.74, 6) is 0.694. The van der Waals surface area contributed by atoms with Gasteiger partial charge in [0.15, 0.2) is 0 Å². The number of anilines is 1. The molecule has 2 saturated carbocycles. The van der Waals surface area contributed by atoms with Gasteiger partial charge in [-0.3, -0.25) is 0 Å². The highest BCUT2D eigenvalue weighted by Gasteiger charge is 2.43. The molecule has 82 valence electrons. The first-order valence-corrected chi connectivity index (χ1v) is 5.48. The number of nitrogens with one attached hydrogen (secondary N) is 1. The Morgan fingerprint density at radius 2 is 2.27 bits per heavy atom. The lowest BCUT2D eigenvalue weighted by Crippen LogP contribution is -2.37. The van der Waals surface area contributed by atoms with Gasteiger partial charge in [0.05, 0.1) is 0 Å². The topological polar surface area (TPSA) is 60.2 Å². The average Bonchev–Trinajstić information content (AvgIpc) is 2.85. The highest BCUT2D eigenvalue weighted by Crippen LogP contribution is 2.43. The van der Waals surface area contributed by atoms with Crippen LogP contribution in [0.1, 0.15) is 37.9 Å². The first-order valence-electron chi connectivity index (χ1n) is 5.48. The maximum atomic E-state index is 5.48. The summed E-state index contributed by atoms with van der Waals surface area (Å²) in [5.41, 5.74) is -0.271. The van der Waals surface area contributed by atoms with Crippen molar-refractivity contribution in [1.82, 2.24) is 10.1 Å². The van der Waals surface area contributed by atoms with Crippen molar-refractivity contribution >= 4 is 6.01 Å². The van der Waals surface area contributed by atoms with E-state index in [1.807, 2.05) is 0 Å². The molecule has 5 heteroatoms. The van der Waals surface area contributed by atoms with Crippen molar-refractivity contribution in [2.24, 2.45) is 0 Å². The average molecular weight is 209 g/mol. The van der Waals surface area contributed by atoms with Crippen molar-refractivity contribution < 1.29 is 9.26 Å². The Morgan fingerprint density at radius 1 is 1.47 bits per heavy atom. The van der Waals surface area contributed by atoms with Crippen molar-refractivity contribution in [2.45, 2.75) is 43.7 Å². The van der Waals surface area contributed by atoms with Gasteiger partial charge in [-0.1, -0.05) is 5.16 Å². The Hall–Kier alpha value is -1.10.